The maximum Gasteiger partial charge on any atom is 0.199 e. The number of hydrogen-bond donors (Lipinski definition) is 2. The van der Waals surface area contributed by atoms with Gasteiger partial charge >= 0.3 is 0 Å². The summed E-state index contributed by atoms with van der Waals surface area (Å²) in [7, 11) is 1.63. The molecule has 2 saturated heterocycles. The smallest absolute Gasteiger partial charge is 0.199 e. The summed E-state index contributed by atoms with van der Waals surface area (Å²) < 4.78 is 19.2. The maximum atomic E-state index is 11.4. The minimum Gasteiger partial charge on any atom is -0.496 e. The quantitative estimate of drug-likeness (QED) is 0.766. The standard InChI is InChI=1S/C25H34O5/c1-14-18-10-12-24(30-25(14)21(27)15(2)22(3,4)29-25)19-7-8-20(28-6)17(13-26)16(19)9-11-23(18,24)5/h7-9,11,14-15,18,21,26-27H,10,12-13H2,1-6H3/t14-,15-,18+,21+,23-,24-,25-/m0/s1. The van der Waals surface area contributed by atoms with Crippen molar-refractivity contribution in [2.75, 3.05) is 7.11 Å². The molecule has 5 heteroatoms. The van der Waals surface area contributed by atoms with Gasteiger partial charge in [0.25, 0.3) is 0 Å². The summed E-state index contributed by atoms with van der Waals surface area (Å²) in [6.07, 6.45) is 5.57. The van der Waals surface area contributed by atoms with E-state index in [4.69, 9.17) is 14.2 Å². The first-order valence-corrected chi connectivity index (χ1v) is 11.2. The summed E-state index contributed by atoms with van der Waals surface area (Å²) in [5.41, 5.74) is 1.54. The molecule has 5 nitrogen and oxygen atoms in total. The Labute approximate surface area is 179 Å². The predicted octanol–water partition coefficient (Wildman–Crippen LogP) is 3.99. The van der Waals surface area contributed by atoms with Crippen LogP contribution in [-0.4, -0.2) is 34.8 Å². The number of benzene rings is 1. The van der Waals surface area contributed by atoms with E-state index in [0.29, 0.717) is 11.7 Å². The zero-order chi connectivity index (χ0) is 21.7. The monoisotopic (exact) mass is 414 g/mol. The molecule has 2 bridgehead atoms. The molecule has 7 atom stereocenters. The van der Waals surface area contributed by atoms with E-state index < -0.39 is 23.1 Å². The van der Waals surface area contributed by atoms with E-state index in [1.54, 1.807) is 7.11 Å². The Balaban J connectivity index is 1.73. The lowest BCUT2D eigenvalue weighted by atomic mass is 9.57. The lowest BCUT2D eigenvalue weighted by Gasteiger charge is -2.59. The Bertz CT molecular complexity index is 922. The topological polar surface area (TPSA) is 68.2 Å². The molecule has 1 aromatic rings. The number of aliphatic hydroxyl groups excluding tert-OH is 2. The van der Waals surface area contributed by atoms with E-state index >= 15 is 0 Å². The Morgan fingerprint density at radius 1 is 1.13 bits per heavy atom. The summed E-state index contributed by atoms with van der Waals surface area (Å²) in [6, 6.07) is 4.01. The van der Waals surface area contributed by atoms with E-state index in [1.165, 1.54) is 0 Å². The van der Waals surface area contributed by atoms with Crippen LogP contribution in [0.3, 0.4) is 0 Å². The third-order valence-electron chi connectivity index (χ3n) is 9.15. The Kier molecular flexibility index (Phi) is 4.17. The molecule has 5 rings (SSSR count). The van der Waals surface area contributed by atoms with Crippen molar-refractivity contribution in [3.05, 3.63) is 34.9 Å². The molecule has 164 valence electrons. The van der Waals surface area contributed by atoms with Gasteiger partial charge in [-0.25, -0.2) is 0 Å². The molecule has 2 N–H and O–H groups in total. The van der Waals surface area contributed by atoms with Crippen LogP contribution in [0.2, 0.25) is 0 Å². The largest absolute Gasteiger partial charge is 0.496 e. The van der Waals surface area contributed by atoms with Gasteiger partial charge in [-0.2, -0.15) is 0 Å². The summed E-state index contributed by atoms with van der Waals surface area (Å²) in [5.74, 6) is -0.0141. The first-order chi connectivity index (χ1) is 14.1. The highest BCUT2D eigenvalue weighted by Gasteiger charge is 2.74. The number of ether oxygens (including phenoxy) is 3. The molecule has 0 radical (unpaired) electrons. The van der Waals surface area contributed by atoms with Crippen LogP contribution in [0.5, 0.6) is 5.75 Å². The summed E-state index contributed by atoms with van der Waals surface area (Å²) in [6.45, 7) is 10.5. The van der Waals surface area contributed by atoms with Gasteiger partial charge in [0.15, 0.2) is 5.79 Å². The second-order valence-electron chi connectivity index (χ2n) is 10.5. The highest BCUT2D eigenvalue weighted by Crippen LogP contribution is 2.71. The van der Waals surface area contributed by atoms with Crippen LogP contribution in [0.1, 0.15) is 64.2 Å². The van der Waals surface area contributed by atoms with E-state index in [0.717, 1.165) is 29.5 Å². The molecule has 0 unspecified atom stereocenters. The van der Waals surface area contributed by atoms with Crippen LogP contribution in [0.15, 0.2) is 18.2 Å². The van der Waals surface area contributed by atoms with Crippen molar-refractivity contribution in [1.82, 2.24) is 0 Å². The number of aliphatic hydroxyl groups is 2. The van der Waals surface area contributed by atoms with Crippen LogP contribution in [0.25, 0.3) is 6.08 Å². The highest BCUT2D eigenvalue weighted by molar-refractivity contribution is 5.68. The molecule has 30 heavy (non-hydrogen) atoms. The molecule has 1 saturated carbocycles. The molecule has 2 aliphatic carbocycles. The first kappa shape index (κ1) is 20.5. The lowest BCUT2D eigenvalue weighted by molar-refractivity contribution is -0.382. The molecule has 0 amide bonds. The van der Waals surface area contributed by atoms with Crippen molar-refractivity contribution in [3.63, 3.8) is 0 Å². The van der Waals surface area contributed by atoms with Gasteiger partial charge in [-0.1, -0.05) is 39.0 Å². The van der Waals surface area contributed by atoms with Gasteiger partial charge in [0.2, 0.25) is 0 Å². The lowest BCUT2D eigenvalue weighted by Crippen LogP contribution is -2.64. The third kappa shape index (κ3) is 2.12. The molecular formula is C25H34O5. The van der Waals surface area contributed by atoms with Crippen molar-refractivity contribution in [2.45, 2.75) is 77.2 Å². The van der Waals surface area contributed by atoms with Crippen molar-refractivity contribution >= 4 is 6.08 Å². The van der Waals surface area contributed by atoms with Crippen LogP contribution in [0, 0.1) is 23.2 Å². The number of rotatable bonds is 2. The average Bonchev–Trinajstić information content (AvgIpc) is 3.04. The molecule has 1 aromatic carbocycles. The van der Waals surface area contributed by atoms with E-state index in [9.17, 15) is 10.2 Å². The Morgan fingerprint density at radius 3 is 2.47 bits per heavy atom. The predicted molar refractivity (Wildman–Crippen MR) is 114 cm³/mol. The molecule has 2 heterocycles. The Morgan fingerprint density at radius 2 is 1.87 bits per heavy atom. The van der Waals surface area contributed by atoms with E-state index in [1.807, 2.05) is 26.8 Å². The van der Waals surface area contributed by atoms with Gasteiger partial charge in [0.1, 0.15) is 17.5 Å². The zero-order valence-corrected chi connectivity index (χ0v) is 18.9. The number of hydrogen-bond acceptors (Lipinski definition) is 5. The van der Waals surface area contributed by atoms with Crippen molar-refractivity contribution in [1.29, 1.82) is 0 Å². The maximum absolute atomic E-state index is 11.4. The fourth-order valence-electron chi connectivity index (χ4n) is 7.08. The molecular weight excluding hydrogens is 380 g/mol. The van der Waals surface area contributed by atoms with Gasteiger partial charge in [0, 0.05) is 22.8 Å². The van der Waals surface area contributed by atoms with Gasteiger partial charge in [-0.15, -0.1) is 0 Å². The second kappa shape index (κ2) is 6.10. The fraction of sp³-hybridized carbons (Fsp3) is 0.680. The SMILES string of the molecule is COc1ccc2c(c1CO)C=C[C@@]1(C)[C@@H]3CC[C@]21O[C@@]1(OC(C)(C)[C@@H](C)[C@H]1O)[C@H]3C. The molecule has 2 aliphatic heterocycles. The van der Waals surface area contributed by atoms with Crippen LogP contribution in [0.4, 0.5) is 0 Å². The van der Waals surface area contributed by atoms with E-state index in [2.05, 4.69) is 32.1 Å². The minimum absolute atomic E-state index is 0.0393. The second-order valence-corrected chi connectivity index (χ2v) is 10.5. The van der Waals surface area contributed by atoms with Gasteiger partial charge in [-0.05, 0) is 49.8 Å². The van der Waals surface area contributed by atoms with Crippen molar-refractivity contribution in [3.8, 4) is 5.75 Å². The summed E-state index contributed by atoms with van der Waals surface area (Å²) >= 11 is 0. The summed E-state index contributed by atoms with van der Waals surface area (Å²) in [5, 5.41) is 21.5. The fourth-order valence-corrected chi connectivity index (χ4v) is 7.08. The van der Waals surface area contributed by atoms with Gasteiger partial charge < -0.3 is 24.4 Å². The van der Waals surface area contributed by atoms with Crippen LogP contribution >= 0.6 is 0 Å². The van der Waals surface area contributed by atoms with Crippen LogP contribution < -0.4 is 4.74 Å². The number of methoxy groups -OCH3 is 1. The van der Waals surface area contributed by atoms with Crippen molar-refractivity contribution < 1.29 is 24.4 Å². The third-order valence-corrected chi connectivity index (χ3v) is 9.15. The number of fused-ring (bicyclic) bond motifs is 1. The summed E-state index contributed by atoms with van der Waals surface area (Å²) in [4.78, 5) is 0. The van der Waals surface area contributed by atoms with E-state index in [-0.39, 0.29) is 23.9 Å². The minimum atomic E-state index is -1.04. The molecule has 4 aliphatic rings. The first-order valence-electron chi connectivity index (χ1n) is 11.2. The zero-order valence-electron chi connectivity index (χ0n) is 18.9. The van der Waals surface area contributed by atoms with Crippen molar-refractivity contribution in [2.24, 2.45) is 23.2 Å². The Hall–Kier alpha value is -1.40. The highest BCUT2D eigenvalue weighted by atomic mass is 16.7. The molecule has 3 fully saturated rings. The normalized spacial score (nSPS) is 45.5. The van der Waals surface area contributed by atoms with Crippen LogP contribution in [-0.2, 0) is 21.7 Å². The molecule has 0 aromatic heterocycles. The van der Waals surface area contributed by atoms with Gasteiger partial charge in [-0.3, -0.25) is 0 Å². The molecule has 1 spiro atoms. The van der Waals surface area contributed by atoms with Gasteiger partial charge in [0.05, 0.1) is 19.3 Å². The average molecular weight is 415 g/mol.